The zero-order valence-corrected chi connectivity index (χ0v) is 13.3. The van der Waals surface area contributed by atoms with Gasteiger partial charge in [-0.2, -0.15) is 0 Å². The predicted octanol–water partition coefficient (Wildman–Crippen LogP) is 1.60. The normalized spacial score (nSPS) is 22.1. The van der Waals surface area contributed by atoms with E-state index in [1.165, 1.54) is 0 Å². The maximum atomic E-state index is 12.3. The molecule has 0 spiro atoms. The molecule has 0 aromatic carbocycles. The smallest absolute Gasteiger partial charge is 0.242 e. The molecule has 0 aliphatic heterocycles. The predicted molar refractivity (Wildman–Crippen MR) is 79.9 cm³/mol. The van der Waals surface area contributed by atoms with Gasteiger partial charge in [-0.3, -0.25) is 0 Å². The first kappa shape index (κ1) is 15.5. The zero-order valence-electron chi connectivity index (χ0n) is 12.5. The molecule has 6 heteroatoms. The highest BCUT2D eigenvalue weighted by Crippen LogP contribution is 2.34. The van der Waals surface area contributed by atoms with Gasteiger partial charge in [0.15, 0.2) is 0 Å². The molecule has 20 heavy (non-hydrogen) atoms. The second-order valence-corrected chi connectivity index (χ2v) is 7.30. The molecule has 1 aliphatic rings. The van der Waals surface area contributed by atoms with Gasteiger partial charge in [-0.05, 0) is 31.4 Å². The lowest BCUT2D eigenvalue weighted by Crippen LogP contribution is -2.26. The summed E-state index contributed by atoms with van der Waals surface area (Å²) in [5.41, 5.74) is 0.988. The number of rotatable bonds is 8. The number of sulfonamides is 1. The van der Waals surface area contributed by atoms with Crippen molar-refractivity contribution in [2.75, 3.05) is 6.54 Å². The maximum absolute atomic E-state index is 12.3. The van der Waals surface area contributed by atoms with Crippen LogP contribution in [0.15, 0.2) is 17.2 Å². The molecule has 5 nitrogen and oxygen atoms in total. The number of nitrogens with one attached hydrogen (secondary N) is 2. The summed E-state index contributed by atoms with van der Waals surface area (Å²) in [4.78, 5) is 0.370. The molecule has 0 bridgehead atoms. The first-order valence-corrected chi connectivity index (χ1v) is 8.84. The Bertz CT molecular complexity index is 551. The number of nitrogens with zero attached hydrogens (tertiary/aromatic N) is 1. The molecule has 2 rings (SSSR count). The van der Waals surface area contributed by atoms with E-state index in [2.05, 4.69) is 23.9 Å². The second kappa shape index (κ2) is 6.28. The summed E-state index contributed by atoms with van der Waals surface area (Å²) in [7, 11) is -1.49. The van der Waals surface area contributed by atoms with Crippen LogP contribution in [-0.2, 0) is 23.6 Å². The van der Waals surface area contributed by atoms with Gasteiger partial charge in [-0.15, -0.1) is 0 Å². The standard InChI is InChI=1S/C14H25N3O2S/c1-4-6-15-9-12-8-13(10-17(12)3)20(18,19)16-14-7-11(14)5-2/h8,10-11,14-16H,4-7,9H2,1-3H3. The molecule has 1 fully saturated rings. The van der Waals surface area contributed by atoms with Crippen LogP contribution in [0.4, 0.5) is 0 Å². The van der Waals surface area contributed by atoms with Crippen molar-refractivity contribution in [2.24, 2.45) is 13.0 Å². The fourth-order valence-electron chi connectivity index (χ4n) is 2.40. The van der Waals surface area contributed by atoms with Gasteiger partial charge < -0.3 is 9.88 Å². The largest absolute Gasteiger partial charge is 0.352 e. The van der Waals surface area contributed by atoms with Gasteiger partial charge in [0, 0.05) is 31.5 Å². The fourth-order valence-corrected chi connectivity index (χ4v) is 3.81. The third kappa shape index (κ3) is 3.62. The Morgan fingerprint density at radius 1 is 1.40 bits per heavy atom. The topological polar surface area (TPSA) is 63.1 Å². The second-order valence-electron chi connectivity index (χ2n) is 5.59. The summed E-state index contributed by atoms with van der Waals surface area (Å²) in [6.07, 6.45) is 4.76. The van der Waals surface area contributed by atoms with E-state index in [-0.39, 0.29) is 6.04 Å². The Balaban J connectivity index is 2.02. The molecular formula is C14H25N3O2S. The summed E-state index contributed by atoms with van der Waals surface area (Å²) < 4.78 is 29.3. The van der Waals surface area contributed by atoms with Gasteiger partial charge in [0.2, 0.25) is 10.0 Å². The van der Waals surface area contributed by atoms with E-state index in [4.69, 9.17) is 0 Å². The van der Waals surface area contributed by atoms with E-state index in [0.29, 0.717) is 17.4 Å². The van der Waals surface area contributed by atoms with Crippen LogP contribution in [0.1, 0.15) is 38.8 Å². The van der Waals surface area contributed by atoms with E-state index < -0.39 is 10.0 Å². The monoisotopic (exact) mass is 299 g/mol. The number of aryl methyl sites for hydroxylation is 1. The van der Waals surface area contributed by atoms with E-state index in [9.17, 15) is 8.42 Å². The minimum atomic E-state index is -3.37. The minimum Gasteiger partial charge on any atom is -0.352 e. The molecule has 0 saturated heterocycles. The summed E-state index contributed by atoms with van der Waals surface area (Å²) >= 11 is 0. The Labute approximate surface area is 121 Å². The van der Waals surface area contributed by atoms with Gasteiger partial charge in [-0.25, -0.2) is 13.1 Å². The van der Waals surface area contributed by atoms with Gasteiger partial charge in [0.05, 0.1) is 4.90 Å². The number of hydrogen-bond donors (Lipinski definition) is 2. The highest BCUT2D eigenvalue weighted by molar-refractivity contribution is 7.89. The van der Waals surface area contributed by atoms with Crippen LogP contribution in [0.25, 0.3) is 0 Å². The van der Waals surface area contributed by atoms with Crippen molar-refractivity contribution >= 4 is 10.0 Å². The summed E-state index contributed by atoms with van der Waals surface area (Å²) in [5.74, 6) is 0.513. The van der Waals surface area contributed by atoms with Gasteiger partial charge in [0.25, 0.3) is 0 Å². The molecule has 1 aromatic rings. The third-order valence-electron chi connectivity index (χ3n) is 3.88. The molecule has 1 heterocycles. The Morgan fingerprint density at radius 2 is 2.15 bits per heavy atom. The lowest BCUT2D eigenvalue weighted by atomic mass is 10.3. The molecule has 1 saturated carbocycles. The average molecular weight is 299 g/mol. The molecule has 2 N–H and O–H groups in total. The lowest BCUT2D eigenvalue weighted by Gasteiger charge is -2.03. The quantitative estimate of drug-likeness (QED) is 0.717. The van der Waals surface area contributed by atoms with Crippen LogP contribution < -0.4 is 10.0 Å². The van der Waals surface area contributed by atoms with E-state index in [1.54, 1.807) is 12.3 Å². The van der Waals surface area contributed by atoms with Crippen LogP contribution >= 0.6 is 0 Å². The minimum absolute atomic E-state index is 0.131. The van der Waals surface area contributed by atoms with E-state index in [0.717, 1.165) is 31.5 Å². The third-order valence-corrected chi connectivity index (χ3v) is 5.34. The van der Waals surface area contributed by atoms with Crippen molar-refractivity contribution in [2.45, 2.75) is 50.6 Å². The molecule has 0 radical (unpaired) electrons. The Kier molecular flexibility index (Phi) is 4.88. The first-order valence-electron chi connectivity index (χ1n) is 7.36. The molecular weight excluding hydrogens is 274 g/mol. The summed E-state index contributed by atoms with van der Waals surface area (Å²) in [6.45, 7) is 5.84. The summed E-state index contributed by atoms with van der Waals surface area (Å²) in [6, 6.07) is 1.89. The van der Waals surface area contributed by atoms with Crippen molar-refractivity contribution in [3.05, 3.63) is 18.0 Å². The molecule has 114 valence electrons. The Hall–Kier alpha value is -0.850. The van der Waals surface area contributed by atoms with Crippen LogP contribution in [0.3, 0.4) is 0 Å². The van der Waals surface area contributed by atoms with Crippen molar-refractivity contribution in [3.8, 4) is 0 Å². The molecule has 1 aromatic heterocycles. The van der Waals surface area contributed by atoms with Crippen molar-refractivity contribution < 1.29 is 8.42 Å². The van der Waals surface area contributed by atoms with Crippen molar-refractivity contribution in [3.63, 3.8) is 0 Å². The zero-order chi connectivity index (χ0) is 14.8. The van der Waals surface area contributed by atoms with Crippen LogP contribution in [-0.4, -0.2) is 25.6 Å². The van der Waals surface area contributed by atoms with E-state index >= 15 is 0 Å². The molecule has 2 unspecified atom stereocenters. The molecule has 0 amide bonds. The molecule has 1 aliphatic carbocycles. The van der Waals surface area contributed by atoms with Gasteiger partial charge in [-0.1, -0.05) is 20.3 Å². The lowest BCUT2D eigenvalue weighted by molar-refractivity contribution is 0.575. The van der Waals surface area contributed by atoms with Crippen LogP contribution in [0.5, 0.6) is 0 Å². The first-order chi connectivity index (χ1) is 9.47. The van der Waals surface area contributed by atoms with Gasteiger partial charge >= 0.3 is 0 Å². The van der Waals surface area contributed by atoms with Crippen LogP contribution in [0, 0.1) is 5.92 Å². The summed E-state index contributed by atoms with van der Waals surface area (Å²) in [5, 5.41) is 3.29. The fraction of sp³-hybridized carbons (Fsp3) is 0.714. The van der Waals surface area contributed by atoms with E-state index in [1.807, 2.05) is 11.6 Å². The van der Waals surface area contributed by atoms with Crippen molar-refractivity contribution in [1.82, 2.24) is 14.6 Å². The van der Waals surface area contributed by atoms with Crippen molar-refractivity contribution in [1.29, 1.82) is 0 Å². The van der Waals surface area contributed by atoms with Crippen LogP contribution in [0.2, 0.25) is 0 Å². The maximum Gasteiger partial charge on any atom is 0.242 e. The number of hydrogen-bond acceptors (Lipinski definition) is 3. The van der Waals surface area contributed by atoms with Gasteiger partial charge in [0.1, 0.15) is 0 Å². The highest BCUT2D eigenvalue weighted by atomic mass is 32.2. The average Bonchev–Trinajstić information content (AvgIpc) is 3.02. The number of aromatic nitrogens is 1. The molecule has 2 atom stereocenters. The Morgan fingerprint density at radius 3 is 2.75 bits per heavy atom. The SMILES string of the molecule is CCCNCc1cc(S(=O)(=O)NC2CC2CC)cn1C. The highest BCUT2D eigenvalue weighted by Gasteiger charge is 2.38.